The van der Waals surface area contributed by atoms with Gasteiger partial charge in [-0.25, -0.2) is 13.2 Å². The van der Waals surface area contributed by atoms with E-state index in [1.165, 1.54) is 0 Å². The van der Waals surface area contributed by atoms with Crippen molar-refractivity contribution in [2.24, 2.45) is 0 Å². The SMILES string of the molecule is CCS(=O)(=O)c1ccc(C(C)NCc2ccc(C(=O)O)cc2)cc1. The summed E-state index contributed by atoms with van der Waals surface area (Å²) in [6.07, 6.45) is 0. The second kappa shape index (κ2) is 7.59. The van der Waals surface area contributed by atoms with E-state index in [9.17, 15) is 13.2 Å². The van der Waals surface area contributed by atoms with Crippen LogP contribution in [0.15, 0.2) is 53.4 Å². The molecule has 2 aromatic rings. The van der Waals surface area contributed by atoms with Crippen LogP contribution >= 0.6 is 0 Å². The molecule has 0 aliphatic heterocycles. The van der Waals surface area contributed by atoms with Gasteiger partial charge in [-0.2, -0.15) is 0 Å². The van der Waals surface area contributed by atoms with Crippen LogP contribution in [-0.4, -0.2) is 25.2 Å². The van der Waals surface area contributed by atoms with Crippen LogP contribution in [0.4, 0.5) is 0 Å². The van der Waals surface area contributed by atoms with E-state index < -0.39 is 15.8 Å². The molecule has 0 aliphatic rings. The van der Waals surface area contributed by atoms with Gasteiger partial charge in [0.15, 0.2) is 9.84 Å². The van der Waals surface area contributed by atoms with Crippen LogP contribution in [0.1, 0.15) is 41.4 Å². The Labute approximate surface area is 142 Å². The van der Waals surface area contributed by atoms with Crippen LogP contribution in [0.3, 0.4) is 0 Å². The first-order valence-corrected chi connectivity index (χ1v) is 9.37. The van der Waals surface area contributed by atoms with E-state index in [0.717, 1.165) is 11.1 Å². The van der Waals surface area contributed by atoms with E-state index in [1.54, 1.807) is 43.3 Å². The first-order chi connectivity index (χ1) is 11.3. The van der Waals surface area contributed by atoms with E-state index in [4.69, 9.17) is 5.11 Å². The van der Waals surface area contributed by atoms with Crippen molar-refractivity contribution in [1.29, 1.82) is 0 Å². The van der Waals surface area contributed by atoms with Crippen molar-refractivity contribution < 1.29 is 18.3 Å². The van der Waals surface area contributed by atoms with Crippen molar-refractivity contribution in [2.75, 3.05) is 5.75 Å². The van der Waals surface area contributed by atoms with Gasteiger partial charge < -0.3 is 10.4 Å². The predicted octanol–water partition coefficient (Wildman–Crippen LogP) is 3.03. The minimum Gasteiger partial charge on any atom is -0.478 e. The second-order valence-corrected chi connectivity index (χ2v) is 7.86. The smallest absolute Gasteiger partial charge is 0.335 e. The lowest BCUT2D eigenvalue weighted by atomic mass is 10.1. The molecular formula is C18H21NO4S. The predicted molar refractivity (Wildman–Crippen MR) is 92.8 cm³/mol. The zero-order chi connectivity index (χ0) is 17.7. The van der Waals surface area contributed by atoms with Gasteiger partial charge in [-0.15, -0.1) is 0 Å². The standard InChI is InChI=1S/C18H21NO4S/c1-3-24(22,23)17-10-8-15(9-11-17)13(2)19-12-14-4-6-16(7-5-14)18(20)21/h4-11,13,19H,3,12H2,1-2H3,(H,20,21). The van der Waals surface area contributed by atoms with Crippen molar-refractivity contribution in [3.8, 4) is 0 Å². The first-order valence-electron chi connectivity index (χ1n) is 7.72. The van der Waals surface area contributed by atoms with Crippen molar-refractivity contribution >= 4 is 15.8 Å². The van der Waals surface area contributed by atoms with Crippen LogP contribution in [0.5, 0.6) is 0 Å². The van der Waals surface area contributed by atoms with E-state index in [-0.39, 0.29) is 17.4 Å². The fourth-order valence-corrected chi connectivity index (χ4v) is 3.17. The maximum atomic E-state index is 11.8. The summed E-state index contributed by atoms with van der Waals surface area (Å²) in [5.41, 5.74) is 2.24. The van der Waals surface area contributed by atoms with E-state index in [0.29, 0.717) is 11.4 Å². The molecule has 0 amide bonds. The van der Waals surface area contributed by atoms with Crippen LogP contribution < -0.4 is 5.32 Å². The van der Waals surface area contributed by atoms with Crippen molar-refractivity contribution in [3.63, 3.8) is 0 Å². The highest BCUT2D eigenvalue weighted by Crippen LogP contribution is 2.18. The number of carbonyl (C=O) groups is 1. The summed E-state index contributed by atoms with van der Waals surface area (Å²) in [6.45, 7) is 4.22. The Morgan fingerprint density at radius 1 is 1.08 bits per heavy atom. The number of sulfone groups is 1. The molecule has 0 radical (unpaired) electrons. The van der Waals surface area contributed by atoms with Crippen LogP contribution in [0.2, 0.25) is 0 Å². The average molecular weight is 347 g/mol. The van der Waals surface area contributed by atoms with Gasteiger partial charge in [-0.05, 0) is 42.3 Å². The Morgan fingerprint density at radius 3 is 2.17 bits per heavy atom. The molecule has 2 aromatic carbocycles. The molecule has 0 aromatic heterocycles. The summed E-state index contributed by atoms with van der Waals surface area (Å²) in [7, 11) is -3.18. The van der Waals surface area contributed by atoms with Gasteiger partial charge in [0.05, 0.1) is 16.2 Å². The van der Waals surface area contributed by atoms with Gasteiger partial charge in [0, 0.05) is 12.6 Å². The minimum atomic E-state index is -3.18. The minimum absolute atomic E-state index is 0.0440. The average Bonchev–Trinajstić information content (AvgIpc) is 2.60. The van der Waals surface area contributed by atoms with E-state index in [2.05, 4.69) is 5.32 Å². The monoisotopic (exact) mass is 347 g/mol. The molecule has 0 bridgehead atoms. The Hall–Kier alpha value is -2.18. The Morgan fingerprint density at radius 2 is 1.67 bits per heavy atom. The lowest BCUT2D eigenvalue weighted by molar-refractivity contribution is 0.0697. The molecule has 2 N–H and O–H groups in total. The molecule has 128 valence electrons. The molecular weight excluding hydrogens is 326 g/mol. The third-order valence-corrected chi connectivity index (χ3v) is 5.68. The van der Waals surface area contributed by atoms with Crippen LogP contribution in [0, 0.1) is 0 Å². The Kier molecular flexibility index (Phi) is 5.75. The highest BCUT2D eigenvalue weighted by Gasteiger charge is 2.12. The van der Waals surface area contributed by atoms with Crippen molar-refractivity contribution in [1.82, 2.24) is 5.32 Å². The molecule has 1 unspecified atom stereocenters. The quantitative estimate of drug-likeness (QED) is 0.804. The summed E-state index contributed by atoms with van der Waals surface area (Å²) in [5.74, 6) is -0.850. The Bertz CT molecular complexity index is 796. The number of rotatable bonds is 7. The maximum absolute atomic E-state index is 11.8. The summed E-state index contributed by atoms with van der Waals surface area (Å²) < 4.78 is 23.6. The molecule has 0 aliphatic carbocycles. The number of aromatic carboxylic acids is 1. The zero-order valence-electron chi connectivity index (χ0n) is 13.7. The molecule has 0 heterocycles. The molecule has 24 heavy (non-hydrogen) atoms. The van der Waals surface area contributed by atoms with Crippen LogP contribution in [-0.2, 0) is 16.4 Å². The lowest BCUT2D eigenvalue weighted by Crippen LogP contribution is -2.18. The normalized spacial score (nSPS) is 12.8. The molecule has 5 nitrogen and oxygen atoms in total. The largest absolute Gasteiger partial charge is 0.478 e. The highest BCUT2D eigenvalue weighted by molar-refractivity contribution is 7.91. The number of carboxylic acids is 1. The zero-order valence-corrected chi connectivity index (χ0v) is 14.5. The summed E-state index contributed by atoms with van der Waals surface area (Å²) >= 11 is 0. The second-order valence-electron chi connectivity index (χ2n) is 5.58. The number of hydrogen-bond donors (Lipinski definition) is 2. The van der Waals surface area contributed by atoms with Crippen LogP contribution in [0.25, 0.3) is 0 Å². The van der Waals surface area contributed by atoms with E-state index >= 15 is 0 Å². The van der Waals surface area contributed by atoms with Gasteiger partial charge in [0.25, 0.3) is 0 Å². The maximum Gasteiger partial charge on any atom is 0.335 e. The third kappa shape index (κ3) is 4.43. The van der Waals surface area contributed by atoms with E-state index in [1.807, 2.05) is 19.1 Å². The van der Waals surface area contributed by atoms with Crippen molar-refractivity contribution in [3.05, 3.63) is 65.2 Å². The summed E-state index contributed by atoms with van der Waals surface area (Å²) in [5, 5.41) is 12.2. The number of benzene rings is 2. The molecule has 1 atom stereocenters. The number of nitrogens with one attached hydrogen (secondary N) is 1. The van der Waals surface area contributed by atoms with Gasteiger partial charge in [-0.3, -0.25) is 0 Å². The van der Waals surface area contributed by atoms with Gasteiger partial charge in [0.2, 0.25) is 0 Å². The lowest BCUT2D eigenvalue weighted by Gasteiger charge is -2.15. The topological polar surface area (TPSA) is 83.5 Å². The van der Waals surface area contributed by atoms with Crippen molar-refractivity contribution in [2.45, 2.75) is 31.3 Å². The summed E-state index contributed by atoms with van der Waals surface area (Å²) in [4.78, 5) is 11.2. The molecule has 0 saturated carbocycles. The molecule has 0 spiro atoms. The molecule has 6 heteroatoms. The third-order valence-electron chi connectivity index (χ3n) is 3.93. The molecule has 0 saturated heterocycles. The highest BCUT2D eigenvalue weighted by atomic mass is 32.2. The first kappa shape index (κ1) is 18.2. The molecule has 2 rings (SSSR count). The Balaban J connectivity index is 1.99. The molecule has 0 fully saturated rings. The summed E-state index contributed by atoms with van der Waals surface area (Å²) in [6, 6.07) is 13.6. The number of hydrogen-bond acceptors (Lipinski definition) is 4. The van der Waals surface area contributed by atoms with Gasteiger partial charge >= 0.3 is 5.97 Å². The van der Waals surface area contributed by atoms with Gasteiger partial charge in [0.1, 0.15) is 0 Å². The van der Waals surface area contributed by atoms with Gasteiger partial charge in [-0.1, -0.05) is 31.2 Å². The number of carboxylic acid groups (broad SMARTS) is 1. The fraction of sp³-hybridized carbons (Fsp3) is 0.278. The fourth-order valence-electron chi connectivity index (χ4n) is 2.28.